The standard InChI is InChI=1S/C17H16N2O3S/c18-12-3-1-11(2-4-12)17-19(16(20)10-23-17)13-5-6-14-15(9-13)22-8-7-21-14/h1-6,9,17H,7-8,10,18H2. The molecular formula is C17H16N2O3S. The number of amides is 1. The van der Waals surface area contributed by atoms with Crippen molar-refractivity contribution in [1.29, 1.82) is 0 Å². The summed E-state index contributed by atoms with van der Waals surface area (Å²) in [6.45, 7) is 1.08. The summed E-state index contributed by atoms with van der Waals surface area (Å²) in [4.78, 5) is 14.2. The van der Waals surface area contributed by atoms with Crippen LogP contribution < -0.4 is 20.1 Å². The Hall–Kier alpha value is -2.34. The van der Waals surface area contributed by atoms with Crippen molar-refractivity contribution in [3.05, 3.63) is 48.0 Å². The van der Waals surface area contributed by atoms with Gasteiger partial charge in [-0.05, 0) is 29.8 Å². The minimum Gasteiger partial charge on any atom is -0.486 e. The van der Waals surface area contributed by atoms with Gasteiger partial charge in [0.05, 0.1) is 5.75 Å². The molecule has 1 fully saturated rings. The second kappa shape index (κ2) is 5.70. The lowest BCUT2D eigenvalue weighted by molar-refractivity contribution is -0.115. The van der Waals surface area contributed by atoms with Crippen LogP contribution in [-0.2, 0) is 4.79 Å². The van der Waals surface area contributed by atoms with Crippen LogP contribution in [0, 0.1) is 0 Å². The van der Waals surface area contributed by atoms with Crippen LogP contribution in [0.15, 0.2) is 42.5 Å². The summed E-state index contributed by atoms with van der Waals surface area (Å²) in [6, 6.07) is 13.3. The molecule has 2 aromatic rings. The molecule has 2 aliphatic rings. The Labute approximate surface area is 138 Å². The Balaban J connectivity index is 1.70. The predicted octanol–water partition coefficient (Wildman–Crippen LogP) is 2.82. The van der Waals surface area contributed by atoms with E-state index in [0.29, 0.717) is 30.4 Å². The van der Waals surface area contributed by atoms with Gasteiger partial charge in [0, 0.05) is 17.4 Å². The molecule has 2 N–H and O–H groups in total. The Morgan fingerprint density at radius 2 is 1.78 bits per heavy atom. The van der Waals surface area contributed by atoms with Gasteiger partial charge >= 0.3 is 0 Å². The number of thioether (sulfide) groups is 1. The van der Waals surface area contributed by atoms with E-state index in [9.17, 15) is 4.79 Å². The molecule has 6 heteroatoms. The summed E-state index contributed by atoms with van der Waals surface area (Å²) in [5, 5.41) is -0.0503. The summed E-state index contributed by atoms with van der Waals surface area (Å²) in [6.07, 6.45) is 0. The van der Waals surface area contributed by atoms with E-state index in [2.05, 4.69) is 0 Å². The third-order valence-corrected chi connectivity index (χ3v) is 5.11. The summed E-state index contributed by atoms with van der Waals surface area (Å²) in [5.74, 6) is 1.97. The van der Waals surface area contributed by atoms with Crippen molar-refractivity contribution in [3.8, 4) is 11.5 Å². The van der Waals surface area contributed by atoms with Crippen LogP contribution >= 0.6 is 11.8 Å². The van der Waals surface area contributed by atoms with Crippen molar-refractivity contribution in [2.75, 3.05) is 29.6 Å². The van der Waals surface area contributed by atoms with Gasteiger partial charge in [-0.25, -0.2) is 0 Å². The number of carbonyl (C=O) groups excluding carboxylic acids is 1. The van der Waals surface area contributed by atoms with E-state index >= 15 is 0 Å². The Morgan fingerprint density at radius 3 is 2.57 bits per heavy atom. The predicted molar refractivity (Wildman–Crippen MR) is 91.0 cm³/mol. The molecule has 0 aromatic heterocycles. The number of fused-ring (bicyclic) bond motifs is 1. The Morgan fingerprint density at radius 1 is 1.04 bits per heavy atom. The molecule has 0 radical (unpaired) electrons. The molecule has 4 rings (SSSR count). The monoisotopic (exact) mass is 328 g/mol. The fraction of sp³-hybridized carbons (Fsp3) is 0.235. The number of nitrogens with two attached hydrogens (primary N) is 1. The van der Waals surface area contributed by atoms with E-state index in [4.69, 9.17) is 15.2 Å². The van der Waals surface area contributed by atoms with E-state index in [0.717, 1.165) is 17.0 Å². The molecule has 0 saturated carbocycles. The van der Waals surface area contributed by atoms with Gasteiger partial charge in [-0.3, -0.25) is 9.69 Å². The van der Waals surface area contributed by atoms with Crippen molar-refractivity contribution in [1.82, 2.24) is 0 Å². The summed E-state index contributed by atoms with van der Waals surface area (Å²) >= 11 is 1.61. The lowest BCUT2D eigenvalue weighted by atomic mass is 10.1. The van der Waals surface area contributed by atoms with Crippen LogP contribution in [0.4, 0.5) is 11.4 Å². The Bertz CT molecular complexity index is 748. The van der Waals surface area contributed by atoms with Crippen LogP contribution in [0.2, 0.25) is 0 Å². The average molecular weight is 328 g/mol. The zero-order valence-corrected chi connectivity index (χ0v) is 13.2. The summed E-state index contributed by atoms with van der Waals surface area (Å²) in [5.41, 5.74) is 8.36. The highest BCUT2D eigenvalue weighted by atomic mass is 32.2. The van der Waals surface area contributed by atoms with Gasteiger partial charge in [0.2, 0.25) is 5.91 Å². The van der Waals surface area contributed by atoms with E-state index < -0.39 is 0 Å². The van der Waals surface area contributed by atoms with Crippen LogP contribution in [0.5, 0.6) is 11.5 Å². The van der Waals surface area contributed by atoms with Gasteiger partial charge in [0.25, 0.3) is 0 Å². The van der Waals surface area contributed by atoms with Crippen LogP contribution in [0.25, 0.3) is 0 Å². The molecule has 1 amide bonds. The van der Waals surface area contributed by atoms with Gasteiger partial charge in [0.1, 0.15) is 18.6 Å². The van der Waals surface area contributed by atoms with Gasteiger partial charge in [-0.15, -0.1) is 11.8 Å². The zero-order chi connectivity index (χ0) is 15.8. The maximum atomic E-state index is 12.4. The zero-order valence-electron chi connectivity index (χ0n) is 12.4. The molecule has 2 aliphatic heterocycles. The fourth-order valence-electron chi connectivity index (χ4n) is 2.79. The number of nitrogen functional groups attached to an aromatic ring is 1. The highest BCUT2D eigenvalue weighted by Gasteiger charge is 2.34. The van der Waals surface area contributed by atoms with Gasteiger partial charge in [-0.1, -0.05) is 12.1 Å². The molecule has 1 unspecified atom stereocenters. The molecule has 23 heavy (non-hydrogen) atoms. The summed E-state index contributed by atoms with van der Waals surface area (Å²) < 4.78 is 11.2. The first kappa shape index (κ1) is 14.3. The summed E-state index contributed by atoms with van der Waals surface area (Å²) in [7, 11) is 0. The smallest absolute Gasteiger partial charge is 0.238 e. The van der Waals surface area contributed by atoms with E-state index in [-0.39, 0.29) is 11.3 Å². The number of hydrogen-bond acceptors (Lipinski definition) is 5. The van der Waals surface area contributed by atoms with Crippen molar-refractivity contribution in [2.24, 2.45) is 0 Å². The number of rotatable bonds is 2. The lowest BCUT2D eigenvalue weighted by Crippen LogP contribution is -2.28. The molecule has 2 aromatic carbocycles. The first-order valence-corrected chi connectivity index (χ1v) is 8.46. The normalized spacial score (nSPS) is 19.9. The van der Waals surface area contributed by atoms with Gasteiger partial charge in [-0.2, -0.15) is 0 Å². The molecule has 0 spiro atoms. The first-order chi connectivity index (χ1) is 11.2. The largest absolute Gasteiger partial charge is 0.486 e. The second-order valence-electron chi connectivity index (χ2n) is 5.42. The van der Waals surface area contributed by atoms with Crippen LogP contribution in [-0.4, -0.2) is 24.9 Å². The number of ether oxygens (including phenoxy) is 2. The van der Waals surface area contributed by atoms with Crippen LogP contribution in [0.3, 0.4) is 0 Å². The average Bonchev–Trinajstić information content (AvgIpc) is 2.97. The quantitative estimate of drug-likeness (QED) is 0.859. The van der Waals surface area contributed by atoms with Gasteiger partial charge in [0.15, 0.2) is 11.5 Å². The minimum absolute atomic E-state index is 0.0503. The third kappa shape index (κ3) is 2.59. The van der Waals surface area contributed by atoms with Crippen molar-refractivity contribution < 1.29 is 14.3 Å². The SMILES string of the molecule is Nc1ccc(C2SCC(=O)N2c2ccc3c(c2)OCCO3)cc1. The molecule has 1 atom stereocenters. The second-order valence-corrected chi connectivity index (χ2v) is 6.49. The third-order valence-electron chi connectivity index (χ3n) is 3.89. The Kier molecular flexibility index (Phi) is 3.53. The number of nitrogens with zero attached hydrogens (tertiary/aromatic N) is 1. The number of anilines is 2. The maximum Gasteiger partial charge on any atom is 0.238 e. The molecule has 118 valence electrons. The number of benzene rings is 2. The van der Waals surface area contributed by atoms with Gasteiger partial charge < -0.3 is 15.2 Å². The molecule has 2 heterocycles. The topological polar surface area (TPSA) is 64.8 Å². The lowest BCUT2D eigenvalue weighted by Gasteiger charge is -2.26. The molecule has 0 bridgehead atoms. The molecular weight excluding hydrogens is 312 g/mol. The highest BCUT2D eigenvalue weighted by molar-refractivity contribution is 8.00. The van der Waals surface area contributed by atoms with Crippen molar-refractivity contribution in [3.63, 3.8) is 0 Å². The first-order valence-electron chi connectivity index (χ1n) is 7.41. The molecule has 1 saturated heterocycles. The van der Waals surface area contributed by atoms with Crippen molar-refractivity contribution in [2.45, 2.75) is 5.37 Å². The van der Waals surface area contributed by atoms with E-state index in [1.165, 1.54) is 0 Å². The molecule has 5 nitrogen and oxygen atoms in total. The number of hydrogen-bond donors (Lipinski definition) is 1. The maximum absolute atomic E-state index is 12.4. The minimum atomic E-state index is -0.0503. The molecule has 0 aliphatic carbocycles. The van der Waals surface area contributed by atoms with E-state index in [1.807, 2.05) is 47.4 Å². The van der Waals surface area contributed by atoms with Crippen LogP contribution in [0.1, 0.15) is 10.9 Å². The fourth-order valence-corrected chi connectivity index (χ4v) is 3.97. The number of carbonyl (C=O) groups is 1. The van der Waals surface area contributed by atoms with E-state index in [1.54, 1.807) is 11.8 Å². The highest BCUT2D eigenvalue weighted by Crippen LogP contribution is 2.44. The van der Waals surface area contributed by atoms with Crippen molar-refractivity contribution >= 4 is 29.0 Å².